The summed E-state index contributed by atoms with van der Waals surface area (Å²) >= 11 is 0. The Morgan fingerprint density at radius 1 is 1.32 bits per heavy atom. The van der Waals surface area contributed by atoms with Crippen molar-refractivity contribution in [3.63, 3.8) is 0 Å². The standard InChI is InChI=1S/C16H34N2O/c1-4-6-7-9-15(3)17-11-12-18(5-2)14-16-10-8-13-19-16/h15-17H,4-14H2,1-3H3. The number of likely N-dealkylation sites (N-methyl/N-ethyl adjacent to an activating group) is 1. The first-order valence-corrected chi connectivity index (χ1v) is 8.33. The average Bonchev–Trinajstić information content (AvgIpc) is 2.91. The second kappa shape index (κ2) is 10.6. The summed E-state index contributed by atoms with van der Waals surface area (Å²) in [4.78, 5) is 2.52. The Bertz CT molecular complexity index is 205. The smallest absolute Gasteiger partial charge is 0.0702 e. The molecule has 2 unspecified atom stereocenters. The zero-order chi connectivity index (χ0) is 13.9. The van der Waals surface area contributed by atoms with Crippen molar-refractivity contribution in [3.8, 4) is 0 Å². The number of rotatable bonds is 11. The Hall–Kier alpha value is -0.120. The first-order valence-electron chi connectivity index (χ1n) is 8.33. The molecule has 114 valence electrons. The largest absolute Gasteiger partial charge is 0.377 e. The number of ether oxygens (including phenoxy) is 1. The highest BCUT2D eigenvalue weighted by Crippen LogP contribution is 2.13. The van der Waals surface area contributed by atoms with Gasteiger partial charge in [-0.25, -0.2) is 0 Å². The van der Waals surface area contributed by atoms with Crippen molar-refractivity contribution in [2.45, 2.75) is 71.4 Å². The minimum Gasteiger partial charge on any atom is -0.377 e. The van der Waals surface area contributed by atoms with Crippen LogP contribution in [0.1, 0.15) is 59.3 Å². The summed E-state index contributed by atoms with van der Waals surface area (Å²) in [5, 5.41) is 3.65. The van der Waals surface area contributed by atoms with Gasteiger partial charge in [0.1, 0.15) is 0 Å². The molecule has 1 fully saturated rings. The zero-order valence-corrected chi connectivity index (χ0v) is 13.3. The van der Waals surface area contributed by atoms with E-state index in [1.807, 2.05) is 0 Å². The van der Waals surface area contributed by atoms with E-state index in [0.29, 0.717) is 12.1 Å². The van der Waals surface area contributed by atoms with Crippen molar-refractivity contribution in [3.05, 3.63) is 0 Å². The molecule has 1 heterocycles. The van der Waals surface area contributed by atoms with Gasteiger partial charge in [0.05, 0.1) is 6.10 Å². The molecule has 0 aromatic carbocycles. The van der Waals surface area contributed by atoms with E-state index in [9.17, 15) is 0 Å². The van der Waals surface area contributed by atoms with Crippen LogP contribution in [0.4, 0.5) is 0 Å². The van der Waals surface area contributed by atoms with Crippen LogP contribution in [0.2, 0.25) is 0 Å². The van der Waals surface area contributed by atoms with E-state index in [1.165, 1.54) is 38.5 Å². The third-order valence-electron chi connectivity index (χ3n) is 4.09. The fraction of sp³-hybridized carbons (Fsp3) is 1.00. The summed E-state index contributed by atoms with van der Waals surface area (Å²) in [5.41, 5.74) is 0. The van der Waals surface area contributed by atoms with Crippen LogP contribution in [-0.4, -0.2) is 49.8 Å². The molecule has 1 aliphatic rings. The Kier molecular flexibility index (Phi) is 9.48. The maximum Gasteiger partial charge on any atom is 0.0702 e. The van der Waals surface area contributed by atoms with Gasteiger partial charge in [0.15, 0.2) is 0 Å². The lowest BCUT2D eigenvalue weighted by Crippen LogP contribution is -2.39. The van der Waals surface area contributed by atoms with Gasteiger partial charge in [-0.1, -0.05) is 33.1 Å². The lowest BCUT2D eigenvalue weighted by Gasteiger charge is -2.24. The molecule has 2 atom stereocenters. The van der Waals surface area contributed by atoms with Crippen molar-refractivity contribution >= 4 is 0 Å². The molecule has 1 aliphatic heterocycles. The van der Waals surface area contributed by atoms with Crippen LogP contribution in [0, 0.1) is 0 Å². The molecule has 0 aromatic heterocycles. The monoisotopic (exact) mass is 270 g/mol. The summed E-state index contributed by atoms with van der Waals surface area (Å²) in [5.74, 6) is 0. The molecule has 3 heteroatoms. The molecule has 0 amide bonds. The Morgan fingerprint density at radius 3 is 2.79 bits per heavy atom. The van der Waals surface area contributed by atoms with E-state index in [-0.39, 0.29) is 0 Å². The van der Waals surface area contributed by atoms with E-state index in [0.717, 1.165) is 32.8 Å². The quantitative estimate of drug-likeness (QED) is 0.584. The summed E-state index contributed by atoms with van der Waals surface area (Å²) < 4.78 is 5.72. The van der Waals surface area contributed by atoms with Gasteiger partial charge in [-0.05, 0) is 32.7 Å². The molecule has 1 saturated heterocycles. The maximum atomic E-state index is 5.72. The SMILES string of the molecule is CCCCCC(C)NCCN(CC)CC1CCCO1. The number of hydrogen-bond donors (Lipinski definition) is 1. The van der Waals surface area contributed by atoms with Crippen LogP contribution >= 0.6 is 0 Å². The van der Waals surface area contributed by atoms with Crippen LogP contribution in [0.15, 0.2) is 0 Å². The van der Waals surface area contributed by atoms with Gasteiger partial charge < -0.3 is 10.1 Å². The highest BCUT2D eigenvalue weighted by molar-refractivity contribution is 4.71. The predicted octanol–water partition coefficient (Wildman–Crippen LogP) is 3.05. The van der Waals surface area contributed by atoms with E-state index in [1.54, 1.807) is 0 Å². The van der Waals surface area contributed by atoms with Crippen LogP contribution < -0.4 is 5.32 Å². The molecule has 0 aliphatic carbocycles. The zero-order valence-electron chi connectivity index (χ0n) is 13.3. The summed E-state index contributed by atoms with van der Waals surface area (Å²) in [6.45, 7) is 12.3. The average molecular weight is 270 g/mol. The van der Waals surface area contributed by atoms with Gasteiger partial charge in [0.25, 0.3) is 0 Å². The lowest BCUT2D eigenvalue weighted by atomic mass is 10.1. The summed E-state index contributed by atoms with van der Waals surface area (Å²) in [6.07, 6.45) is 8.34. The predicted molar refractivity (Wildman–Crippen MR) is 82.7 cm³/mol. The summed E-state index contributed by atoms with van der Waals surface area (Å²) in [6, 6.07) is 0.660. The van der Waals surface area contributed by atoms with Crippen molar-refractivity contribution in [1.82, 2.24) is 10.2 Å². The molecule has 0 aromatic rings. The minimum absolute atomic E-state index is 0.488. The molecule has 0 radical (unpaired) electrons. The summed E-state index contributed by atoms with van der Waals surface area (Å²) in [7, 11) is 0. The second-order valence-corrected chi connectivity index (χ2v) is 5.88. The molecule has 19 heavy (non-hydrogen) atoms. The molecule has 1 rings (SSSR count). The highest BCUT2D eigenvalue weighted by Gasteiger charge is 2.18. The minimum atomic E-state index is 0.488. The Morgan fingerprint density at radius 2 is 2.16 bits per heavy atom. The van der Waals surface area contributed by atoms with Gasteiger partial charge in [-0.15, -0.1) is 0 Å². The van der Waals surface area contributed by atoms with Crippen molar-refractivity contribution in [2.75, 3.05) is 32.8 Å². The normalized spacial score (nSPS) is 21.2. The van der Waals surface area contributed by atoms with Crippen molar-refractivity contribution in [1.29, 1.82) is 0 Å². The second-order valence-electron chi connectivity index (χ2n) is 5.88. The molecular weight excluding hydrogens is 236 g/mol. The number of hydrogen-bond acceptors (Lipinski definition) is 3. The Labute approximate surface area is 120 Å². The third-order valence-corrected chi connectivity index (χ3v) is 4.09. The molecule has 0 bridgehead atoms. The number of unbranched alkanes of at least 4 members (excludes halogenated alkanes) is 2. The van der Waals surface area contributed by atoms with Gasteiger partial charge in [-0.3, -0.25) is 4.90 Å². The van der Waals surface area contributed by atoms with Gasteiger partial charge >= 0.3 is 0 Å². The van der Waals surface area contributed by atoms with E-state index < -0.39 is 0 Å². The first-order chi connectivity index (χ1) is 9.26. The van der Waals surface area contributed by atoms with Crippen LogP contribution in [0.5, 0.6) is 0 Å². The number of nitrogens with zero attached hydrogens (tertiary/aromatic N) is 1. The number of nitrogens with one attached hydrogen (secondary N) is 1. The molecule has 3 nitrogen and oxygen atoms in total. The van der Waals surface area contributed by atoms with Crippen LogP contribution in [0.25, 0.3) is 0 Å². The van der Waals surface area contributed by atoms with Gasteiger partial charge in [-0.2, -0.15) is 0 Å². The van der Waals surface area contributed by atoms with Crippen LogP contribution in [0.3, 0.4) is 0 Å². The fourth-order valence-electron chi connectivity index (χ4n) is 2.73. The molecule has 0 spiro atoms. The molecular formula is C16H34N2O. The Balaban J connectivity index is 2.04. The van der Waals surface area contributed by atoms with Crippen molar-refractivity contribution in [2.24, 2.45) is 0 Å². The van der Waals surface area contributed by atoms with E-state index in [4.69, 9.17) is 4.74 Å². The van der Waals surface area contributed by atoms with Gasteiger partial charge in [0, 0.05) is 32.3 Å². The lowest BCUT2D eigenvalue weighted by molar-refractivity contribution is 0.0749. The van der Waals surface area contributed by atoms with E-state index >= 15 is 0 Å². The highest BCUT2D eigenvalue weighted by atomic mass is 16.5. The maximum absolute atomic E-state index is 5.72. The topological polar surface area (TPSA) is 24.5 Å². The molecule has 1 N–H and O–H groups in total. The fourth-order valence-corrected chi connectivity index (χ4v) is 2.73. The van der Waals surface area contributed by atoms with Crippen LogP contribution in [-0.2, 0) is 4.74 Å². The molecule has 0 saturated carbocycles. The first kappa shape index (κ1) is 16.9. The van der Waals surface area contributed by atoms with Crippen molar-refractivity contribution < 1.29 is 4.74 Å². The van der Waals surface area contributed by atoms with E-state index in [2.05, 4.69) is 31.0 Å². The third kappa shape index (κ3) is 7.91. The van der Waals surface area contributed by atoms with Gasteiger partial charge in [0.2, 0.25) is 0 Å².